The van der Waals surface area contributed by atoms with Crippen LogP contribution in [0, 0.1) is 15.5 Å². The first kappa shape index (κ1) is 16.2. The molecule has 1 aromatic carbocycles. The molecule has 1 aromatic rings. The topological polar surface area (TPSA) is 72.7 Å². The molecule has 0 spiro atoms. The van der Waals surface area contributed by atoms with E-state index < -0.39 is 10.3 Å². The standard InChI is InChI=1S/C16H20N2O4/c1-16(2,3)15(19)22-17-10-8-13(9-11-17)12-4-6-14(7-5-12)18(20)21/h4-8H,9-11H2,1-3H3. The Labute approximate surface area is 129 Å². The lowest BCUT2D eigenvalue weighted by molar-refractivity contribution is -0.384. The number of hydroxylamine groups is 2. The van der Waals surface area contributed by atoms with Gasteiger partial charge in [0.25, 0.3) is 5.69 Å². The van der Waals surface area contributed by atoms with E-state index in [9.17, 15) is 14.9 Å². The van der Waals surface area contributed by atoms with Gasteiger partial charge in [0, 0.05) is 18.7 Å². The molecule has 0 saturated heterocycles. The highest BCUT2D eigenvalue weighted by molar-refractivity contribution is 5.75. The minimum absolute atomic E-state index is 0.0842. The van der Waals surface area contributed by atoms with Crippen molar-refractivity contribution in [3.8, 4) is 0 Å². The van der Waals surface area contributed by atoms with Gasteiger partial charge in [-0.25, -0.2) is 4.79 Å². The zero-order chi connectivity index (χ0) is 16.3. The fraction of sp³-hybridized carbons (Fsp3) is 0.438. The lowest BCUT2D eigenvalue weighted by atomic mass is 9.97. The summed E-state index contributed by atoms with van der Waals surface area (Å²) in [5, 5.41) is 12.3. The molecule has 0 aromatic heterocycles. The van der Waals surface area contributed by atoms with Crippen molar-refractivity contribution in [3.63, 3.8) is 0 Å². The third-order valence-electron chi connectivity index (χ3n) is 3.45. The number of nitro groups is 1. The van der Waals surface area contributed by atoms with Gasteiger partial charge in [-0.2, -0.15) is 0 Å². The number of non-ortho nitro benzene ring substituents is 1. The molecule has 22 heavy (non-hydrogen) atoms. The molecule has 2 rings (SSSR count). The molecule has 0 bridgehead atoms. The summed E-state index contributed by atoms with van der Waals surface area (Å²) in [6, 6.07) is 6.51. The van der Waals surface area contributed by atoms with Gasteiger partial charge in [-0.15, -0.1) is 5.06 Å². The highest BCUT2D eigenvalue weighted by Crippen LogP contribution is 2.25. The average molecular weight is 304 g/mol. The predicted molar refractivity (Wildman–Crippen MR) is 82.8 cm³/mol. The van der Waals surface area contributed by atoms with Crippen molar-refractivity contribution in [2.45, 2.75) is 27.2 Å². The Kier molecular flexibility index (Phi) is 4.61. The largest absolute Gasteiger partial charge is 0.367 e. The first-order valence-corrected chi connectivity index (χ1v) is 7.18. The molecule has 0 saturated carbocycles. The molecule has 0 atom stereocenters. The van der Waals surface area contributed by atoms with E-state index in [1.54, 1.807) is 17.2 Å². The highest BCUT2D eigenvalue weighted by atomic mass is 16.7. The molecule has 1 heterocycles. The van der Waals surface area contributed by atoms with Crippen molar-refractivity contribution < 1.29 is 14.6 Å². The van der Waals surface area contributed by atoms with Crippen LogP contribution in [-0.4, -0.2) is 29.0 Å². The maximum atomic E-state index is 11.8. The van der Waals surface area contributed by atoms with E-state index in [2.05, 4.69) is 0 Å². The quantitative estimate of drug-likeness (QED) is 0.633. The zero-order valence-corrected chi connectivity index (χ0v) is 13.0. The molecule has 0 fully saturated rings. The van der Waals surface area contributed by atoms with Gasteiger partial charge < -0.3 is 4.84 Å². The first-order valence-electron chi connectivity index (χ1n) is 7.18. The van der Waals surface area contributed by atoms with Crippen LogP contribution >= 0.6 is 0 Å². The second-order valence-corrected chi connectivity index (χ2v) is 6.30. The molecule has 118 valence electrons. The monoisotopic (exact) mass is 304 g/mol. The number of carbonyl (C=O) groups excluding carboxylic acids is 1. The minimum Gasteiger partial charge on any atom is -0.367 e. The van der Waals surface area contributed by atoms with Gasteiger partial charge >= 0.3 is 5.97 Å². The van der Waals surface area contributed by atoms with Gasteiger partial charge in [0.1, 0.15) is 0 Å². The Morgan fingerprint density at radius 2 is 1.91 bits per heavy atom. The average Bonchev–Trinajstić information content (AvgIpc) is 2.47. The SMILES string of the molecule is CC(C)(C)C(=O)ON1CC=C(c2ccc([N+](=O)[O-])cc2)CC1. The van der Waals surface area contributed by atoms with Crippen molar-refractivity contribution >= 4 is 17.2 Å². The maximum absolute atomic E-state index is 11.8. The van der Waals surface area contributed by atoms with Crippen molar-refractivity contribution in [2.75, 3.05) is 13.1 Å². The summed E-state index contributed by atoms with van der Waals surface area (Å²) in [6.07, 6.45) is 2.72. The number of benzene rings is 1. The molecule has 0 unspecified atom stereocenters. The van der Waals surface area contributed by atoms with E-state index in [-0.39, 0.29) is 11.7 Å². The van der Waals surface area contributed by atoms with Gasteiger partial charge in [-0.3, -0.25) is 10.1 Å². The van der Waals surface area contributed by atoms with Gasteiger partial charge in [0.15, 0.2) is 0 Å². The number of nitrogens with zero attached hydrogens (tertiary/aromatic N) is 2. The van der Waals surface area contributed by atoms with Crippen LogP contribution in [0.3, 0.4) is 0 Å². The molecule has 6 heteroatoms. The molecule has 0 amide bonds. The Morgan fingerprint density at radius 1 is 1.27 bits per heavy atom. The number of nitro benzene ring substituents is 1. The van der Waals surface area contributed by atoms with Gasteiger partial charge in [0.2, 0.25) is 0 Å². The second kappa shape index (κ2) is 6.27. The van der Waals surface area contributed by atoms with Gasteiger partial charge in [-0.05, 0) is 50.5 Å². The summed E-state index contributed by atoms with van der Waals surface area (Å²) in [5.41, 5.74) is 1.63. The van der Waals surface area contributed by atoms with Crippen molar-refractivity contribution in [3.05, 3.63) is 46.0 Å². The summed E-state index contributed by atoms with van der Waals surface area (Å²) < 4.78 is 0. The Bertz CT molecular complexity index is 600. The molecule has 0 aliphatic carbocycles. The molecule has 6 nitrogen and oxygen atoms in total. The van der Waals surface area contributed by atoms with Gasteiger partial charge in [0.05, 0.1) is 16.9 Å². The van der Waals surface area contributed by atoms with Crippen LogP contribution in [0.5, 0.6) is 0 Å². The number of hydrogen-bond donors (Lipinski definition) is 0. The Hall–Kier alpha value is -2.21. The summed E-state index contributed by atoms with van der Waals surface area (Å²) in [7, 11) is 0. The third kappa shape index (κ3) is 3.92. The zero-order valence-electron chi connectivity index (χ0n) is 13.0. The summed E-state index contributed by atoms with van der Waals surface area (Å²) >= 11 is 0. The van der Waals surface area contributed by atoms with Crippen molar-refractivity contribution in [1.29, 1.82) is 0 Å². The summed E-state index contributed by atoms with van der Waals surface area (Å²) in [4.78, 5) is 27.4. The van der Waals surface area contributed by atoms with Crippen LogP contribution in [0.1, 0.15) is 32.8 Å². The molecular weight excluding hydrogens is 284 g/mol. The van der Waals surface area contributed by atoms with Crippen LogP contribution in [0.25, 0.3) is 5.57 Å². The van der Waals surface area contributed by atoms with E-state index in [4.69, 9.17) is 4.84 Å². The van der Waals surface area contributed by atoms with E-state index in [0.29, 0.717) is 13.1 Å². The number of hydrogen-bond acceptors (Lipinski definition) is 5. The Morgan fingerprint density at radius 3 is 2.36 bits per heavy atom. The van der Waals surface area contributed by atoms with Crippen LogP contribution in [0.15, 0.2) is 30.3 Å². The van der Waals surface area contributed by atoms with Crippen LogP contribution in [0.4, 0.5) is 5.69 Å². The van der Waals surface area contributed by atoms with Gasteiger partial charge in [-0.1, -0.05) is 6.08 Å². The maximum Gasteiger partial charge on any atom is 0.330 e. The fourth-order valence-corrected chi connectivity index (χ4v) is 2.05. The number of rotatable bonds is 3. The smallest absolute Gasteiger partial charge is 0.330 e. The van der Waals surface area contributed by atoms with E-state index >= 15 is 0 Å². The van der Waals surface area contributed by atoms with Crippen LogP contribution < -0.4 is 0 Å². The minimum atomic E-state index is -0.525. The lowest BCUT2D eigenvalue weighted by Gasteiger charge is -2.28. The molecule has 0 radical (unpaired) electrons. The predicted octanol–water partition coefficient (Wildman–Crippen LogP) is 3.19. The first-order chi connectivity index (χ1) is 10.3. The highest BCUT2D eigenvalue weighted by Gasteiger charge is 2.26. The van der Waals surface area contributed by atoms with E-state index in [1.807, 2.05) is 26.8 Å². The number of carbonyl (C=O) groups is 1. The van der Waals surface area contributed by atoms with Crippen molar-refractivity contribution in [2.24, 2.45) is 5.41 Å². The summed E-state index contributed by atoms with van der Waals surface area (Å²) in [6.45, 7) is 6.59. The van der Waals surface area contributed by atoms with Crippen LogP contribution in [0.2, 0.25) is 0 Å². The second-order valence-electron chi connectivity index (χ2n) is 6.30. The van der Waals surface area contributed by atoms with E-state index in [0.717, 1.165) is 17.6 Å². The normalized spacial score (nSPS) is 16.0. The fourth-order valence-electron chi connectivity index (χ4n) is 2.05. The Balaban J connectivity index is 1.99. The van der Waals surface area contributed by atoms with E-state index in [1.165, 1.54) is 12.1 Å². The molecular formula is C16H20N2O4. The molecule has 0 N–H and O–H groups in total. The van der Waals surface area contributed by atoms with Crippen molar-refractivity contribution in [1.82, 2.24) is 5.06 Å². The molecule has 1 aliphatic heterocycles. The van der Waals surface area contributed by atoms with Crippen LogP contribution in [-0.2, 0) is 9.63 Å². The lowest BCUT2D eigenvalue weighted by Crippen LogP contribution is -2.35. The third-order valence-corrected chi connectivity index (χ3v) is 3.45. The molecule has 1 aliphatic rings. The summed E-state index contributed by atoms with van der Waals surface area (Å²) in [5.74, 6) is -0.250.